The van der Waals surface area contributed by atoms with E-state index in [4.69, 9.17) is 0 Å². The summed E-state index contributed by atoms with van der Waals surface area (Å²) >= 11 is 0. The summed E-state index contributed by atoms with van der Waals surface area (Å²) in [7, 11) is 1.58. The van der Waals surface area contributed by atoms with Crippen LogP contribution in [0, 0.1) is 17.8 Å². The van der Waals surface area contributed by atoms with Gasteiger partial charge in [0, 0.05) is 19.5 Å². The molecule has 142 valence electrons. The summed E-state index contributed by atoms with van der Waals surface area (Å²) in [6.07, 6.45) is 4.20. The van der Waals surface area contributed by atoms with Gasteiger partial charge in [0.05, 0.1) is 12.9 Å². The second-order valence-corrected chi connectivity index (χ2v) is 6.90. The Morgan fingerprint density at radius 2 is 1.92 bits per heavy atom. The van der Waals surface area contributed by atoms with Crippen LogP contribution in [0.2, 0.25) is 0 Å². The molecular weight excluding hydrogens is 332 g/mol. The molecule has 7 nitrogen and oxygen atoms in total. The summed E-state index contributed by atoms with van der Waals surface area (Å²) in [5.74, 6) is 6.08. The Morgan fingerprint density at radius 3 is 2.50 bits per heavy atom. The van der Waals surface area contributed by atoms with E-state index in [1.165, 1.54) is 11.5 Å². The van der Waals surface area contributed by atoms with Crippen LogP contribution in [-0.2, 0) is 20.1 Å². The second kappa shape index (κ2) is 7.92. The van der Waals surface area contributed by atoms with E-state index in [0.29, 0.717) is 17.7 Å². The van der Waals surface area contributed by atoms with Crippen molar-refractivity contribution in [2.24, 2.45) is 13.0 Å². The van der Waals surface area contributed by atoms with Crippen LogP contribution in [0.25, 0.3) is 11.2 Å². The molecule has 2 rings (SSSR count). The Balaban J connectivity index is 2.54. The fourth-order valence-corrected chi connectivity index (χ4v) is 2.97. The van der Waals surface area contributed by atoms with Crippen LogP contribution < -0.4 is 11.2 Å². The standard InChI is InChI=1S/C19H28N4O3/c1-6-11-22-13-20-16-15(22)17(24)23(18(25)21(16)5)12-19(4,26)10-9-14(7-2)8-3/h13-14,26H,6-8,11-12H2,1-5H3. The lowest BCUT2D eigenvalue weighted by molar-refractivity contribution is 0.0986. The monoisotopic (exact) mass is 360 g/mol. The van der Waals surface area contributed by atoms with Crippen LogP contribution in [-0.4, -0.2) is 29.4 Å². The molecule has 0 aliphatic rings. The summed E-state index contributed by atoms with van der Waals surface area (Å²) in [5.41, 5.74) is -1.69. The molecule has 0 radical (unpaired) electrons. The first-order valence-corrected chi connectivity index (χ1v) is 9.15. The molecule has 0 amide bonds. The number of nitrogens with zero attached hydrogens (tertiary/aromatic N) is 4. The number of hydrogen-bond acceptors (Lipinski definition) is 4. The normalized spacial score (nSPS) is 13.7. The van der Waals surface area contributed by atoms with Gasteiger partial charge >= 0.3 is 5.69 Å². The fourth-order valence-electron chi connectivity index (χ4n) is 2.97. The van der Waals surface area contributed by atoms with Crippen molar-refractivity contribution in [2.75, 3.05) is 0 Å². The third kappa shape index (κ3) is 3.91. The average molecular weight is 360 g/mol. The predicted octanol–water partition coefficient (Wildman–Crippen LogP) is 1.50. The first kappa shape index (κ1) is 20.0. The number of aliphatic hydroxyl groups is 1. The van der Waals surface area contributed by atoms with E-state index in [-0.39, 0.29) is 12.5 Å². The Kier molecular flexibility index (Phi) is 6.09. The quantitative estimate of drug-likeness (QED) is 0.792. The molecule has 0 fully saturated rings. The van der Waals surface area contributed by atoms with Crippen LogP contribution in [0.3, 0.4) is 0 Å². The van der Waals surface area contributed by atoms with Crippen LogP contribution in [0.4, 0.5) is 0 Å². The van der Waals surface area contributed by atoms with Gasteiger partial charge in [-0.3, -0.25) is 13.9 Å². The van der Waals surface area contributed by atoms with E-state index >= 15 is 0 Å². The highest BCUT2D eigenvalue weighted by atomic mass is 16.3. The largest absolute Gasteiger partial charge is 0.376 e. The fraction of sp³-hybridized carbons (Fsp3) is 0.632. The molecule has 1 N–H and O–H groups in total. The van der Waals surface area contributed by atoms with Gasteiger partial charge in [-0.05, 0) is 26.2 Å². The van der Waals surface area contributed by atoms with Crippen molar-refractivity contribution in [3.8, 4) is 11.8 Å². The zero-order chi connectivity index (χ0) is 19.5. The van der Waals surface area contributed by atoms with Crippen LogP contribution in [0.5, 0.6) is 0 Å². The Hall–Kier alpha value is -2.33. The molecule has 0 spiro atoms. The molecular formula is C19H28N4O3. The van der Waals surface area contributed by atoms with Crippen molar-refractivity contribution in [2.45, 2.75) is 65.6 Å². The van der Waals surface area contributed by atoms with Crippen molar-refractivity contribution >= 4 is 11.2 Å². The summed E-state index contributed by atoms with van der Waals surface area (Å²) < 4.78 is 4.14. The van der Waals surface area contributed by atoms with Gasteiger partial charge in [-0.15, -0.1) is 0 Å². The predicted molar refractivity (Wildman–Crippen MR) is 102 cm³/mol. The van der Waals surface area contributed by atoms with Gasteiger partial charge in [0.25, 0.3) is 5.56 Å². The molecule has 0 saturated carbocycles. The molecule has 0 aliphatic carbocycles. The molecule has 1 unspecified atom stereocenters. The van der Waals surface area contributed by atoms with Crippen molar-refractivity contribution in [1.82, 2.24) is 18.7 Å². The van der Waals surface area contributed by atoms with Gasteiger partial charge in [-0.25, -0.2) is 9.78 Å². The van der Waals surface area contributed by atoms with E-state index < -0.39 is 16.9 Å². The van der Waals surface area contributed by atoms with E-state index in [2.05, 4.69) is 16.8 Å². The van der Waals surface area contributed by atoms with Crippen LogP contribution in [0.15, 0.2) is 15.9 Å². The van der Waals surface area contributed by atoms with Crippen molar-refractivity contribution < 1.29 is 5.11 Å². The Morgan fingerprint density at radius 1 is 1.27 bits per heavy atom. The third-order valence-corrected chi connectivity index (χ3v) is 4.56. The molecule has 7 heteroatoms. The summed E-state index contributed by atoms with van der Waals surface area (Å²) in [6, 6.07) is 0. The van der Waals surface area contributed by atoms with Gasteiger partial charge < -0.3 is 9.67 Å². The van der Waals surface area contributed by atoms with E-state index in [1.807, 2.05) is 20.8 Å². The minimum absolute atomic E-state index is 0.182. The highest BCUT2D eigenvalue weighted by Crippen LogP contribution is 2.10. The van der Waals surface area contributed by atoms with Gasteiger partial charge in [0.1, 0.15) is 5.60 Å². The summed E-state index contributed by atoms with van der Waals surface area (Å²) in [6.45, 7) is 8.07. The van der Waals surface area contributed by atoms with Crippen molar-refractivity contribution in [3.05, 3.63) is 27.2 Å². The highest BCUT2D eigenvalue weighted by molar-refractivity contribution is 5.69. The number of aryl methyl sites for hydroxylation is 2. The first-order valence-electron chi connectivity index (χ1n) is 9.15. The zero-order valence-electron chi connectivity index (χ0n) is 16.2. The van der Waals surface area contributed by atoms with Crippen LogP contribution in [0.1, 0.15) is 47.0 Å². The SMILES string of the molecule is CCCn1cnc2c1c(=O)n(CC(C)(O)C#CC(CC)CC)c(=O)n2C. The summed E-state index contributed by atoms with van der Waals surface area (Å²) in [5, 5.41) is 10.6. The molecule has 0 aromatic carbocycles. The maximum Gasteiger partial charge on any atom is 0.332 e. The first-order chi connectivity index (χ1) is 12.3. The maximum atomic E-state index is 12.9. The van der Waals surface area contributed by atoms with Crippen molar-refractivity contribution in [3.63, 3.8) is 0 Å². The summed E-state index contributed by atoms with van der Waals surface area (Å²) in [4.78, 5) is 29.7. The van der Waals surface area contributed by atoms with Crippen molar-refractivity contribution in [1.29, 1.82) is 0 Å². The lowest BCUT2D eigenvalue weighted by Gasteiger charge is -2.19. The van der Waals surface area contributed by atoms with E-state index in [9.17, 15) is 14.7 Å². The lowest BCUT2D eigenvalue weighted by atomic mass is 10.0. The lowest BCUT2D eigenvalue weighted by Crippen LogP contribution is -2.45. The third-order valence-electron chi connectivity index (χ3n) is 4.56. The van der Waals surface area contributed by atoms with E-state index in [0.717, 1.165) is 23.8 Å². The molecule has 26 heavy (non-hydrogen) atoms. The zero-order valence-corrected chi connectivity index (χ0v) is 16.2. The minimum Gasteiger partial charge on any atom is -0.376 e. The number of imidazole rings is 1. The van der Waals surface area contributed by atoms with Gasteiger partial charge in [-0.1, -0.05) is 32.6 Å². The average Bonchev–Trinajstić information content (AvgIpc) is 3.02. The molecule has 0 bridgehead atoms. The van der Waals surface area contributed by atoms with Gasteiger partial charge in [0.2, 0.25) is 0 Å². The molecule has 0 aliphatic heterocycles. The number of aromatic nitrogens is 4. The van der Waals surface area contributed by atoms with Gasteiger partial charge in [0.15, 0.2) is 11.2 Å². The van der Waals surface area contributed by atoms with E-state index in [1.54, 1.807) is 17.9 Å². The molecule has 2 heterocycles. The molecule has 1 atom stereocenters. The number of fused-ring (bicyclic) bond motifs is 1. The smallest absolute Gasteiger partial charge is 0.332 e. The maximum absolute atomic E-state index is 12.9. The highest BCUT2D eigenvalue weighted by Gasteiger charge is 2.23. The molecule has 2 aromatic heterocycles. The Bertz CT molecular complexity index is 949. The molecule has 0 saturated heterocycles. The number of hydrogen-bond donors (Lipinski definition) is 1. The number of rotatable bonds is 6. The minimum atomic E-state index is -1.47. The van der Waals surface area contributed by atoms with Crippen LogP contribution >= 0.6 is 0 Å². The van der Waals surface area contributed by atoms with Gasteiger partial charge in [-0.2, -0.15) is 0 Å². The Labute approximate surface area is 153 Å². The molecule has 2 aromatic rings. The topological polar surface area (TPSA) is 82.1 Å². The second-order valence-electron chi connectivity index (χ2n) is 6.90.